The lowest BCUT2D eigenvalue weighted by atomic mass is 10.1. The van der Waals surface area contributed by atoms with Crippen molar-refractivity contribution in [1.82, 2.24) is 9.21 Å². The smallest absolute Gasteiger partial charge is 0.265 e. The van der Waals surface area contributed by atoms with Gasteiger partial charge in [-0.1, -0.05) is 42.5 Å². The minimum atomic E-state index is -3.44. The van der Waals surface area contributed by atoms with E-state index in [1.54, 1.807) is 53.4 Å². The summed E-state index contributed by atoms with van der Waals surface area (Å²) < 4.78 is 26.9. The van der Waals surface area contributed by atoms with Gasteiger partial charge in [0, 0.05) is 37.4 Å². The normalized spacial score (nSPS) is 14.8. The second-order valence-corrected chi connectivity index (χ2v) is 10.4. The lowest BCUT2D eigenvalue weighted by Crippen LogP contribution is -2.50. The highest BCUT2D eigenvalue weighted by molar-refractivity contribution is 7.88. The van der Waals surface area contributed by atoms with E-state index >= 15 is 0 Å². The Labute approximate surface area is 191 Å². The molecule has 0 unspecified atom stereocenters. The van der Waals surface area contributed by atoms with E-state index in [2.05, 4.69) is 5.32 Å². The van der Waals surface area contributed by atoms with Crippen LogP contribution >= 0.6 is 11.3 Å². The first-order chi connectivity index (χ1) is 15.4. The summed E-state index contributed by atoms with van der Waals surface area (Å²) in [5.74, 6) is -0.451. The Kier molecular flexibility index (Phi) is 6.69. The van der Waals surface area contributed by atoms with E-state index in [1.807, 2.05) is 23.6 Å². The van der Waals surface area contributed by atoms with Crippen LogP contribution in [0.15, 0.2) is 72.1 Å². The largest absolute Gasteiger partial charge is 0.336 e. The second-order valence-electron chi connectivity index (χ2n) is 7.45. The Morgan fingerprint density at radius 1 is 0.906 bits per heavy atom. The number of amides is 2. The minimum absolute atomic E-state index is 0.0478. The van der Waals surface area contributed by atoms with Crippen LogP contribution in [0, 0.1) is 0 Å². The number of thiophene rings is 1. The molecule has 0 bridgehead atoms. The molecule has 1 fully saturated rings. The lowest BCUT2D eigenvalue weighted by molar-refractivity contribution is 0.0697. The SMILES string of the molecule is O=C(Nc1cccc(C(=O)N2CCN(S(=O)(=O)Cc3ccccc3)CC2)c1)c1cccs1. The van der Waals surface area contributed by atoms with Crippen molar-refractivity contribution in [3.05, 3.63) is 88.1 Å². The van der Waals surface area contributed by atoms with E-state index < -0.39 is 10.0 Å². The highest BCUT2D eigenvalue weighted by Crippen LogP contribution is 2.18. The van der Waals surface area contributed by atoms with Gasteiger partial charge in [0.1, 0.15) is 0 Å². The molecule has 166 valence electrons. The second kappa shape index (κ2) is 9.64. The monoisotopic (exact) mass is 469 g/mol. The maximum atomic E-state index is 13.0. The zero-order valence-electron chi connectivity index (χ0n) is 17.3. The highest BCUT2D eigenvalue weighted by Gasteiger charge is 2.29. The highest BCUT2D eigenvalue weighted by atomic mass is 32.2. The third kappa shape index (κ3) is 5.24. The summed E-state index contributed by atoms with van der Waals surface area (Å²) in [6.45, 7) is 1.16. The summed E-state index contributed by atoms with van der Waals surface area (Å²) in [5, 5.41) is 4.63. The molecule has 32 heavy (non-hydrogen) atoms. The number of anilines is 1. The van der Waals surface area contributed by atoms with Gasteiger partial charge >= 0.3 is 0 Å². The maximum absolute atomic E-state index is 13.0. The first-order valence-corrected chi connectivity index (χ1v) is 12.7. The molecule has 1 saturated heterocycles. The molecule has 7 nitrogen and oxygen atoms in total. The van der Waals surface area contributed by atoms with E-state index in [9.17, 15) is 18.0 Å². The molecule has 1 aromatic heterocycles. The van der Waals surface area contributed by atoms with Crippen LogP contribution in [-0.4, -0.2) is 55.6 Å². The lowest BCUT2D eigenvalue weighted by Gasteiger charge is -2.34. The van der Waals surface area contributed by atoms with Gasteiger partial charge in [0.25, 0.3) is 11.8 Å². The van der Waals surface area contributed by atoms with Gasteiger partial charge < -0.3 is 10.2 Å². The summed E-state index contributed by atoms with van der Waals surface area (Å²) in [5.41, 5.74) is 1.74. The minimum Gasteiger partial charge on any atom is -0.336 e. The molecule has 0 spiro atoms. The van der Waals surface area contributed by atoms with Crippen molar-refractivity contribution in [3.63, 3.8) is 0 Å². The molecule has 9 heteroatoms. The first-order valence-electron chi connectivity index (χ1n) is 10.2. The van der Waals surface area contributed by atoms with Gasteiger partial charge in [0.2, 0.25) is 10.0 Å². The van der Waals surface area contributed by atoms with Crippen LogP contribution in [0.1, 0.15) is 25.6 Å². The zero-order chi connectivity index (χ0) is 22.6. The number of piperazine rings is 1. The van der Waals surface area contributed by atoms with Crippen molar-refractivity contribution in [1.29, 1.82) is 0 Å². The number of hydrogen-bond donors (Lipinski definition) is 1. The van der Waals surface area contributed by atoms with Crippen LogP contribution in [0.4, 0.5) is 5.69 Å². The summed E-state index contributed by atoms with van der Waals surface area (Å²) in [6.07, 6.45) is 0. The van der Waals surface area contributed by atoms with Gasteiger partial charge in [0.15, 0.2) is 0 Å². The number of nitrogens with zero attached hydrogens (tertiary/aromatic N) is 2. The van der Waals surface area contributed by atoms with Crippen molar-refractivity contribution in [2.24, 2.45) is 0 Å². The summed E-state index contributed by atoms with van der Waals surface area (Å²) in [6, 6.07) is 19.4. The van der Waals surface area contributed by atoms with Gasteiger partial charge in [-0.3, -0.25) is 9.59 Å². The maximum Gasteiger partial charge on any atom is 0.265 e. The molecule has 2 aromatic carbocycles. The number of sulfonamides is 1. The molecule has 1 aliphatic heterocycles. The van der Waals surface area contributed by atoms with Crippen molar-refractivity contribution in [2.75, 3.05) is 31.5 Å². The van der Waals surface area contributed by atoms with E-state index in [-0.39, 0.29) is 30.7 Å². The molecule has 4 rings (SSSR count). The van der Waals surface area contributed by atoms with E-state index in [1.165, 1.54) is 15.6 Å². The van der Waals surface area contributed by atoms with Gasteiger partial charge in [-0.05, 0) is 35.2 Å². The van der Waals surface area contributed by atoms with Crippen LogP contribution < -0.4 is 5.32 Å². The average Bonchev–Trinajstić information content (AvgIpc) is 3.35. The Bertz CT molecular complexity index is 1190. The third-order valence-corrected chi connectivity index (χ3v) is 7.94. The number of nitrogens with one attached hydrogen (secondary N) is 1. The number of carbonyl (C=O) groups is 2. The van der Waals surface area contributed by atoms with E-state index in [0.29, 0.717) is 29.2 Å². The quantitative estimate of drug-likeness (QED) is 0.600. The predicted molar refractivity (Wildman–Crippen MR) is 125 cm³/mol. The Morgan fingerprint density at radius 2 is 1.66 bits per heavy atom. The number of carbonyl (C=O) groups excluding carboxylic acids is 2. The number of hydrogen-bond acceptors (Lipinski definition) is 5. The molecular weight excluding hydrogens is 446 g/mol. The molecule has 0 radical (unpaired) electrons. The third-order valence-electron chi connectivity index (χ3n) is 5.22. The summed E-state index contributed by atoms with van der Waals surface area (Å²) >= 11 is 1.34. The van der Waals surface area contributed by atoms with Crippen LogP contribution in [0.3, 0.4) is 0 Å². The van der Waals surface area contributed by atoms with Gasteiger partial charge in [-0.25, -0.2) is 8.42 Å². The fourth-order valence-corrected chi connectivity index (χ4v) is 5.69. The fraction of sp³-hybridized carbons (Fsp3) is 0.217. The Balaban J connectivity index is 1.36. The number of rotatable bonds is 6. The summed E-state index contributed by atoms with van der Waals surface area (Å²) in [7, 11) is -3.44. The number of benzene rings is 2. The zero-order valence-corrected chi connectivity index (χ0v) is 18.9. The Hall–Kier alpha value is -3.01. The van der Waals surface area contributed by atoms with Crippen molar-refractivity contribution in [2.45, 2.75) is 5.75 Å². The van der Waals surface area contributed by atoms with E-state index in [0.717, 1.165) is 5.56 Å². The molecule has 0 atom stereocenters. The topological polar surface area (TPSA) is 86.8 Å². The van der Waals surface area contributed by atoms with Crippen molar-refractivity contribution in [3.8, 4) is 0 Å². The molecule has 2 heterocycles. The molecule has 0 aliphatic carbocycles. The van der Waals surface area contributed by atoms with Crippen LogP contribution in [-0.2, 0) is 15.8 Å². The van der Waals surface area contributed by atoms with Crippen LogP contribution in [0.2, 0.25) is 0 Å². The summed E-state index contributed by atoms with van der Waals surface area (Å²) in [4.78, 5) is 27.5. The van der Waals surface area contributed by atoms with Gasteiger partial charge in [-0.2, -0.15) is 4.31 Å². The predicted octanol–water partition coefficient (Wildman–Crippen LogP) is 3.29. The average molecular weight is 470 g/mol. The molecule has 0 saturated carbocycles. The van der Waals surface area contributed by atoms with Crippen LogP contribution in [0.5, 0.6) is 0 Å². The molecular formula is C23H23N3O4S2. The molecule has 2 amide bonds. The van der Waals surface area contributed by atoms with Crippen molar-refractivity contribution < 1.29 is 18.0 Å². The van der Waals surface area contributed by atoms with Gasteiger partial charge in [-0.15, -0.1) is 11.3 Å². The fourth-order valence-electron chi connectivity index (χ4n) is 3.56. The van der Waals surface area contributed by atoms with E-state index in [4.69, 9.17) is 0 Å². The van der Waals surface area contributed by atoms with Gasteiger partial charge in [0.05, 0.1) is 10.6 Å². The Morgan fingerprint density at radius 3 is 2.34 bits per heavy atom. The van der Waals surface area contributed by atoms with Crippen LogP contribution in [0.25, 0.3) is 0 Å². The first kappa shape index (κ1) is 22.2. The standard InChI is InChI=1S/C23H23N3O4S2/c27-22(21-10-5-15-31-21)24-20-9-4-8-19(16-20)23(28)25-11-13-26(14-12-25)32(29,30)17-18-6-2-1-3-7-18/h1-10,15-16H,11-14,17H2,(H,24,27). The molecule has 1 aliphatic rings. The molecule has 1 N–H and O–H groups in total. The van der Waals surface area contributed by atoms with Crippen molar-refractivity contribution >= 4 is 38.9 Å². The molecule has 3 aromatic rings.